The van der Waals surface area contributed by atoms with Crippen LogP contribution in [0.4, 0.5) is 13.2 Å². The second-order valence-electron chi connectivity index (χ2n) is 2.14. The maximum Gasteiger partial charge on any atom is 0.284 e. The average molecular weight is 256 g/mol. The van der Waals surface area contributed by atoms with Crippen LogP contribution in [0.3, 0.4) is 0 Å². The van der Waals surface area contributed by atoms with Crippen molar-refractivity contribution in [1.29, 1.82) is 0 Å². The molecule has 0 aliphatic carbocycles. The molecule has 1 rings (SSSR count). The Hall–Kier alpha value is -0.780. The Balaban J connectivity index is 3.30. The molecule has 0 N–H and O–H groups in total. The molecule has 0 saturated heterocycles. The first kappa shape index (κ1) is 10.3. The number of methoxy groups -OCH3 is 1. The van der Waals surface area contributed by atoms with E-state index < -0.39 is 17.9 Å². The summed E-state index contributed by atoms with van der Waals surface area (Å²) in [6, 6.07) is 0. The molecule has 1 aromatic heterocycles. The van der Waals surface area contributed by atoms with E-state index in [-0.39, 0.29) is 10.2 Å². The molecule has 0 amide bonds. The van der Waals surface area contributed by atoms with Gasteiger partial charge in [-0.2, -0.15) is 0 Å². The summed E-state index contributed by atoms with van der Waals surface area (Å²) in [5, 5.41) is 0. The Morgan fingerprint density at radius 2 is 2.15 bits per heavy atom. The number of ether oxygens (including phenoxy) is 1. The number of aromatic nitrogens is 1. The van der Waals surface area contributed by atoms with Crippen LogP contribution in [0.1, 0.15) is 12.1 Å². The Labute approximate surface area is 80.9 Å². The minimum atomic E-state index is -2.79. The van der Waals surface area contributed by atoms with Crippen molar-refractivity contribution in [3.05, 3.63) is 22.2 Å². The zero-order chi connectivity index (χ0) is 10.0. The second kappa shape index (κ2) is 3.95. The standard InChI is InChI=1S/C7H5BrF3NO/c1-13-6-4(8)3(9)2-12-5(6)7(10)11/h2,7H,1H3. The largest absolute Gasteiger partial charge is 0.493 e. The average Bonchev–Trinajstić information content (AvgIpc) is 2.09. The van der Waals surface area contributed by atoms with Gasteiger partial charge in [0.25, 0.3) is 6.43 Å². The first-order chi connectivity index (χ1) is 6.07. The molecule has 0 aliphatic rings. The van der Waals surface area contributed by atoms with Gasteiger partial charge in [0.05, 0.1) is 17.8 Å². The monoisotopic (exact) mass is 255 g/mol. The van der Waals surface area contributed by atoms with Crippen molar-refractivity contribution in [3.63, 3.8) is 0 Å². The van der Waals surface area contributed by atoms with Crippen LogP contribution < -0.4 is 4.74 Å². The summed E-state index contributed by atoms with van der Waals surface area (Å²) in [5.41, 5.74) is -0.573. The van der Waals surface area contributed by atoms with E-state index in [1.165, 1.54) is 7.11 Å². The molecule has 0 spiro atoms. The smallest absolute Gasteiger partial charge is 0.284 e. The Bertz CT molecular complexity index is 319. The molecule has 0 bridgehead atoms. The summed E-state index contributed by atoms with van der Waals surface area (Å²) >= 11 is 2.79. The second-order valence-corrected chi connectivity index (χ2v) is 2.93. The Kier molecular flexibility index (Phi) is 3.13. The zero-order valence-corrected chi connectivity index (χ0v) is 8.11. The van der Waals surface area contributed by atoms with Gasteiger partial charge >= 0.3 is 0 Å². The Morgan fingerprint density at radius 1 is 1.54 bits per heavy atom. The lowest BCUT2D eigenvalue weighted by Crippen LogP contribution is -1.98. The SMILES string of the molecule is COc1c(C(F)F)ncc(F)c1Br. The van der Waals surface area contributed by atoms with Gasteiger partial charge in [-0.3, -0.25) is 0 Å². The van der Waals surface area contributed by atoms with E-state index in [1.54, 1.807) is 0 Å². The first-order valence-corrected chi connectivity index (χ1v) is 4.03. The number of hydrogen-bond acceptors (Lipinski definition) is 2. The molecule has 2 nitrogen and oxygen atoms in total. The van der Waals surface area contributed by atoms with Crippen molar-refractivity contribution in [3.8, 4) is 5.75 Å². The van der Waals surface area contributed by atoms with Crippen molar-refractivity contribution >= 4 is 15.9 Å². The zero-order valence-electron chi connectivity index (χ0n) is 6.52. The molecule has 0 aliphatic heterocycles. The van der Waals surface area contributed by atoms with E-state index in [2.05, 4.69) is 25.7 Å². The van der Waals surface area contributed by atoms with Crippen molar-refractivity contribution in [2.45, 2.75) is 6.43 Å². The third-order valence-electron chi connectivity index (χ3n) is 1.37. The predicted octanol–water partition coefficient (Wildman–Crippen LogP) is 2.93. The van der Waals surface area contributed by atoms with Gasteiger partial charge in [-0.25, -0.2) is 18.2 Å². The van der Waals surface area contributed by atoms with Crippen molar-refractivity contribution in [1.82, 2.24) is 4.98 Å². The number of alkyl halides is 2. The van der Waals surface area contributed by atoms with E-state index in [0.717, 1.165) is 0 Å². The van der Waals surface area contributed by atoms with E-state index in [9.17, 15) is 13.2 Å². The molecule has 0 saturated carbocycles. The molecule has 0 radical (unpaired) electrons. The maximum atomic E-state index is 12.8. The van der Waals surface area contributed by atoms with Gasteiger partial charge in [0, 0.05) is 0 Å². The molecule has 1 heterocycles. The summed E-state index contributed by atoms with van der Waals surface area (Å²) in [7, 11) is 1.17. The van der Waals surface area contributed by atoms with Crippen molar-refractivity contribution in [2.24, 2.45) is 0 Å². The van der Waals surface area contributed by atoms with Crippen molar-refractivity contribution in [2.75, 3.05) is 7.11 Å². The molecule has 6 heteroatoms. The molecule has 0 aromatic carbocycles. The van der Waals surface area contributed by atoms with Crippen LogP contribution in [-0.4, -0.2) is 12.1 Å². The quantitative estimate of drug-likeness (QED) is 0.811. The predicted molar refractivity (Wildman–Crippen MR) is 43.4 cm³/mol. The van der Waals surface area contributed by atoms with Gasteiger partial charge in [0.15, 0.2) is 11.6 Å². The van der Waals surface area contributed by atoms with Crippen LogP contribution in [0.5, 0.6) is 5.75 Å². The van der Waals surface area contributed by atoms with Gasteiger partial charge in [-0.1, -0.05) is 0 Å². The summed E-state index contributed by atoms with van der Waals surface area (Å²) in [4.78, 5) is 3.23. The lowest BCUT2D eigenvalue weighted by atomic mass is 10.3. The van der Waals surface area contributed by atoms with Gasteiger partial charge in [0.2, 0.25) is 0 Å². The summed E-state index contributed by atoms with van der Waals surface area (Å²) < 4.78 is 41.7. The van der Waals surface area contributed by atoms with Gasteiger partial charge in [-0.15, -0.1) is 0 Å². The number of rotatable bonds is 2. The highest BCUT2D eigenvalue weighted by atomic mass is 79.9. The fourth-order valence-corrected chi connectivity index (χ4v) is 1.28. The summed E-state index contributed by atoms with van der Waals surface area (Å²) in [5.74, 6) is -1.00. The highest BCUT2D eigenvalue weighted by molar-refractivity contribution is 9.10. The van der Waals surface area contributed by atoms with Crippen molar-refractivity contribution < 1.29 is 17.9 Å². The van der Waals surface area contributed by atoms with E-state index in [1.807, 2.05) is 0 Å². The third-order valence-corrected chi connectivity index (χ3v) is 2.11. The normalized spacial score (nSPS) is 10.6. The maximum absolute atomic E-state index is 12.8. The molecule has 0 atom stereocenters. The minimum absolute atomic E-state index is 0.139. The van der Waals surface area contributed by atoms with Gasteiger partial charge in [-0.05, 0) is 15.9 Å². The van der Waals surface area contributed by atoms with E-state index in [4.69, 9.17) is 0 Å². The van der Waals surface area contributed by atoms with Crippen LogP contribution in [0.2, 0.25) is 0 Å². The molecular weight excluding hydrogens is 251 g/mol. The van der Waals surface area contributed by atoms with E-state index in [0.29, 0.717) is 6.20 Å². The fourth-order valence-electron chi connectivity index (χ4n) is 0.812. The Morgan fingerprint density at radius 3 is 2.62 bits per heavy atom. The molecule has 1 aromatic rings. The molecule has 13 heavy (non-hydrogen) atoms. The number of nitrogens with zero attached hydrogens (tertiary/aromatic N) is 1. The molecule has 72 valence electrons. The molecule has 0 unspecified atom stereocenters. The molecule has 0 fully saturated rings. The highest BCUT2D eigenvalue weighted by Gasteiger charge is 2.20. The van der Waals surface area contributed by atoms with Crippen LogP contribution in [0, 0.1) is 5.82 Å². The lowest BCUT2D eigenvalue weighted by molar-refractivity contribution is 0.141. The van der Waals surface area contributed by atoms with E-state index >= 15 is 0 Å². The van der Waals surface area contributed by atoms with Gasteiger partial charge in [0.1, 0.15) is 5.69 Å². The topological polar surface area (TPSA) is 22.1 Å². The first-order valence-electron chi connectivity index (χ1n) is 3.24. The number of hydrogen-bond donors (Lipinski definition) is 0. The summed E-state index contributed by atoms with van der Waals surface area (Å²) in [6.45, 7) is 0. The number of pyridine rings is 1. The minimum Gasteiger partial charge on any atom is -0.493 e. The van der Waals surface area contributed by atoms with Crippen LogP contribution in [0.15, 0.2) is 10.7 Å². The molecular formula is C7H5BrF3NO. The fraction of sp³-hybridized carbons (Fsp3) is 0.286. The van der Waals surface area contributed by atoms with Crippen LogP contribution >= 0.6 is 15.9 Å². The lowest BCUT2D eigenvalue weighted by Gasteiger charge is -2.08. The number of halogens is 4. The van der Waals surface area contributed by atoms with Crippen LogP contribution in [0.25, 0.3) is 0 Å². The highest BCUT2D eigenvalue weighted by Crippen LogP contribution is 2.34. The van der Waals surface area contributed by atoms with Crippen LogP contribution in [-0.2, 0) is 0 Å². The summed E-state index contributed by atoms with van der Waals surface area (Å²) in [6.07, 6.45) is -2.07. The van der Waals surface area contributed by atoms with Gasteiger partial charge < -0.3 is 4.74 Å². The third kappa shape index (κ3) is 1.93.